The number of carbonyl (C=O) groups excluding carboxylic acids is 1. The zero-order valence-corrected chi connectivity index (χ0v) is 17.8. The number of methoxy groups -OCH3 is 1. The second-order valence-electron chi connectivity index (χ2n) is 6.41. The van der Waals surface area contributed by atoms with Crippen molar-refractivity contribution in [2.45, 2.75) is 26.3 Å². The van der Waals surface area contributed by atoms with Gasteiger partial charge in [-0.15, -0.1) is 12.4 Å². The molecule has 0 aliphatic carbocycles. The summed E-state index contributed by atoms with van der Waals surface area (Å²) in [5, 5.41) is 9.77. The highest BCUT2D eigenvalue weighted by Crippen LogP contribution is 2.29. The van der Waals surface area contributed by atoms with Crippen LogP contribution in [0.4, 0.5) is 5.69 Å². The number of nitrogens with zero attached hydrogens (tertiary/aromatic N) is 2. The van der Waals surface area contributed by atoms with Gasteiger partial charge in [0.05, 0.1) is 20.3 Å². The first-order valence-electron chi connectivity index (χ1n) is 9.48. The summed E-state index contributed by atoms with van der Waals surface area (Å²) in [5.74, 6) is 2.11. The maximum absolute atomic E-state index is 12.6. The maximum Gasteiger partial charge on any atom is 0.255 e. The predicted octanol–water partition coefficient (Wildman–Crippen LogP) is 3.79. The van der Waals surface area contributed by atoms with Crippen LogP contribution < -0.4 is 20.5 Å². The first-order chi connectivity index (χ1) is 14.1. The largest absolute Gasteiger partial charge is 0.493 e. The van der Waals surface area contributed by atoms with E-state index in [1.54, 1.807) is 37.4 Å². The smallest absolute Gasteiger partial charge is 0.255 e. The number of unbranched alkanes of at least 4 members (excludes halogenated alkanes) is 1. The SMILES string of the molecule is CCCCOc1ccc(C(=O)Nc2ccc(-c3n[nH]c(CN)n3)cc2)cc1OC.Cl. The number of aromatic nitrogens is 3. The van der Waals surface area contributed by atoms with E-state index in [1.807, 2.05) is 12.1 Å². The summed E-state index contributed by atoms with van der Waals surface area (Å²) in [6.45, 7) is 3.01. The van der Waals surface area contributed by atoms with Crippen molar-refractivity contribution >= 4 is 24.0 Å². The topological polar surface area (TPSA) is 115 Å². The zero-order chi connectivity index (χ0) is 20.6. The van der Waals surface area contributed by atoms with Gasteiger partial charge in [-0.25, -0.2) is 4.98 Å². The molecule has 0 fully saturated rings. The van der Waals surface area contributed by atoms with E-state index in [9.17, 15) is 4.79 Å². The van der Waals surface area contributed by atoms with Crippen LogP contribution in [0, 0.1) is 0 Å². The maximum atomic E-state index is 12.6. The Labute approximate surface area is 181 Å². The Hall–Kier alpha value is -3.10. The minimum absolute atomic E-state index is 0. The zero-order valence-electron chi connectivity index (χ0n) is 17.0. The monoisotopic (exact) mass is 431 g/mol. The summed E-state index contributed by atoms with van der Waals surface area (Å²) in [5.41, 5.74) is 7.51. The van der Waals surface area contributed by atoms with Crippen molar-refractivity contribution in [1.29, 1.82) is 0 Å². The minimum Gasteiger partial charge on any atom is -0.493 e. The minimum atomic E-state index is -0.237. The molecule has 8 nitrogen and oxygen atoms in total. The van der Waals surface area contributed by atoms with Gasteiger partial charge in [-0.2, -0.15) is 5.10 Å². The molecule has 0 aliphatic heterocycles. The van der Waals surface area contributed by atoms with Crippen LogP contribution in [0.2, 0.25) is 0 Å². The fourth-order valence-corrected chi connectivity index (χ4v) is 2.68. The normalized spacial score (nSPS) is 10.2. The van der Waals surface area contributed by atoms with Gasteiger partial charge in [0.15, 0.2) is 17.3 Å². The van der Waals surface area contributed by atoms with Crippen molar-refractivity contribution in [2.24, 2.45) is 5.73 Å². The van der Waals surface area contributed by atoms with Gasteiger partial charge >= 0.3 is 0 Å². The fourth-order valence-electron chi connectivity index (χ4n) is 2.68. The van der Waals surface area contributed by atoms with Gasteiger partial charge < -0.3 is 20.5 Å². The Morgan fingerprint density at radius 3 is 2.57 bits per heavy atom. The first-order valence-corrected chi connectivity index (χ1v) is 9.48. The molecule has 0 bridgehead atoms. The van der Waals surface area contributed by atoms with Crippen molar-refractivity contribution in [1.82, 2.24) is 15.2 Å². The molecule has 1 amide bonds. The van der Waals surface area contributed by atoms with Crippen LogP contribution in [0.1, 0.15) is 35.9 Å². The van der Waals surface area contributed by atoms with Gasteiger partial charge in [-0.3, -0.25) is 9.89 Å². The van der Waals surface area contributed by atoms with E-state index in [1.165, 1.54) is 0 Å². The number of benzene rings is 2. The predicted molar refractivity (Wildman–Crippen MR) is 118 cm³/mol. The van der Waals surface area contributed by atoms with E-state index in [2.05, 4.69) is 27.4 Å². The second kappa shape index (κ2) is 11.2. The molecule has 1 aromatic heterocycles. The third-order valence-corrected chi connectivity index (χ3v) is 4.31. The number of carbonyl (C=O) groups is 1. The molecule has 2 aromatic carbocycles. The van der Waals surface area contributed by atoms with Crippen LogP contribution in [0.15, 0.2) is 42.5 Å². The quantitative estimate of drug-likeness (QED) is 0.444. The van der Waals surface area contributed by atoms with Gasteiger partial charge in [0.1, 0.15) is 5.82 Å². The summed E-state index contributed by atoms with van der Waals surface area (Å²) >= 11 is 0. The molecular weight excluding hydrogens is 406 g/mol. The van der Waals surface area contributed by atoms with Gasteiger partial charge in [0, 0.05) is 16.8 Å². The van der Waals surface area contributed by atoms with Crippen LogP contribution in [0.5, 0.6) is 11.5 Å². The van der Waals surface area contributed by atoms with E-state index < -0.39 is 0 Å². The van der Waals surface area contributed by atoms with Crippen molar-refractivity contribution in [2.75, 3.05) is 19.0 Å². The molecule has 0 saturated carbocycles. The molecule has 0 radical (unpaired) electrons. The number of hydrogen-bond acceptors (Lipinski definition) is 6. The molecule has 0 atom stereocenters. The van der Waals surface area contributed by atoms with Crippen LogP contribution in [-0.2, 0) is 6.54 Å². The number of hydrogen-bond donors (Lipinski definition) is 3. The summed E-state index contributed by atoms with van der Waals surface area (Å²) in [6.07, 6.45) is 2.01. The average molecular weight is 432 g/mol. The fraction of sp³-hybridized carbons (Fsp3) is 0.286. The highest BCUT2D eigenvalue weighted by Gasteiger charge is 2.12. The summed E-state index contributed by atoms with van der Waals surface area (Å²) in [6, 6.07) is 12.4. The van der Waals surface area contributed by atoms with Crippen molar-refractivity contribution in [3.8, 4) is 22.9 Å². The third-order valence-electron chi connectivity index (χ3n) is 4.31. The Morgan fingerprint density at radius 1 is 1.17 bits per heavy atom. The number of rotatable bonds is 9. The Kier molecular flexibility index (Phi) is 8.64. The van der Waals surface area contributed by atoms with Gasteiger partial charge in [0.2, 0.25) is 0 Å². The molecule has 0 aliphatic rings. The number of nitrogens with one attached hydrogen (secondary N) is 2. The molecule has 30 heavy (non-hydrogen) atoms. The summed E-state index contributed by atoms with van der Waals surface area (Å²) < 4.78 is 11.1. The molecule has 0 unspecified atom stereocenters. The number of amides is 1. The molecule has 0 saturated heterocycles. The average Bonchev–Trinajstić information content (AvgIpc) is 3.24. The van der Waals surface area contributed by atoms with E-state index >= 15 is 0 Å². The Bertz CT molecular complexity index is 960. The molecular formula is C21H26ClN5O3. The molecule has 3 rings (SSSR count). The van der Waals surface area contributed by atoms with Gasteiger partial charge in [-0.1, -0.05) is 13.3 Å². The first kappa shape index (κ1) is 23.2. The van der Waals surface area contributed by atoms with Crippen LogP contribution in [0.25, 0.3) is 11.4 Å². The van der Waals surface area contributed by atoms with E-state index in [0.29, 0.717) is 47.6 Å². The van der Waals surface area contributed by atoms with Crippen LogP contribution in [-0.4, -0.2) is 34.8 Å². The molecule has 0 spiro atoms. The number of anilines is 1. The Morgan fingerprint density at radius 2 is 1.93 bits per heavy atom. The molecule has 3 aromatic rings. The number of aromatic amines is 1. The summed E-state index contributed by atoms with van der Waals surface area (Å²) in [7, 11) is 1.56. The van der Waals surface area contributed by atoms with Gasteiger partial charge in [-0.05, 0) is 48.9 Å². The lowest BCUT2D eigenvalue weighted by Crippen LogP contribution is -2.12. The molecule has 160 valence electrons. The standard InChI is InChI=1S/C21H25N5O3.ClH/c1-3-4-11-29-17-10-7-15(12-18(17)28-2)21(27)23-16-8-5-14(6-9-16)20-24-19(13-22)25-26-20;/h5-10,12H,3-4,11,13,22H2,1-2H3,(H,23,27)(H,24,25,26);1H. The number of H-pyrrole nitrogens is 1. The van der Waals surface area contributed by atoms with Gasteiger partial charge in [0.25, 0.3) is 5.91 Å². The van der Waals surface area contributed by atoms with Crippen LogP contribution in [0.3, 0.4) is 0 Å². The Balaban J connectivity index is 0.00000320. The van der Waals surface area contributed by atoms with E-state index in [-0.39, 0.29) is 18.3 Å². The van der Waals surface area contributed by atoms with Crippen molar-refractivity contribution in [3.05, 3.63) is 53.9 Å². The van der Waals surface area contributed by atoms with Crippen molar-refractivity contribution < 1.29 is 14.3 Å². The lowest BCUT2D eigenvalue weighted by atomic mass is 10.1. The lowest BCUT2D eigenvalue weighted by Gasteiger charge is -2.12. The highest BCUT2D eigenvalue weighted by molar-refractivity contribution is 6.04. The van der Waals surface area contributed by atoms with Crippen molar-refractivity contribution in [3.63, 3.8) is 0 Å². The van der Waals surface area contributed by atoms with E-state index in [0.717, 1.165) is 18.4 Å². The number of ether oxygens (including phenoxy) is 2. The van der Waals surface area contributed by atoms with E-state index in [4.69, 9.17) is 15.2 Å². The molecule has 4 N–H and O–H groups in total. The summed E-state index contributed by atoms with van der Waals surface area (Å²) in [4.78, 5) is 16.9. The highest BCUT2D eigenvalue weighted by atomic mass is 35.5. The lowest BCUT2D eigenvalue weighted by molar-refractivity contribution is 0.102. The number of halogens is 1. The third kappa shape index (κ3) is 5.71. The molecule has 9 heteroatoms. The second-order valence-corrected chi connectivity index (χ2v) is 6.41. The van der Waals surface area contributed by atoms with Crippen LogP contribution >= 0.6 is 12.4 Å². The number of nitrogens with two attached hydrogens (primary N) is 1. The molecule has 1 heterocycles.